The number of nitrogens with one attached hydrogen (secondary N) is 1. The molecule has 4 nitrogen and oxygen atoms in total. The molecule has 1 N–H and O–H groups in total. The van der Waals surface area contributed by atoms with Crippen molar-refractivity contribution in [1.82, 2.24) is 4.72 Å². The van der Waals surface area contributed by atoms with E-state index in [-0.39, 0.29) is 16.9 Å². The summed E-state index contributed by atoms with van der Waals surface area (Å²) in [4.78, 5) is 0.275. The van der Waals surface area contributed by atoms with E-state index in [0.717, 1.165) is 24.0 Å². The lowest BCUT2D eigenvalue weighted by molar-refractivity contribution is 0.407. The van der Waals surface area contributed by atoms with Gasteiger partial charge in [0.1, 0.15) is 5.75 Å². The van der Waals surface area contributed by atoms with Gasteiger partial charge in [-0.05, 0) is 79.0 Å². The van der Waals surface area contributed by atoms with Gasteiger partial charge in [-0.25, -0.2) is 13.1 Å². The Labute approximate surface area is 163 Å². The zero-order valence-electron chi connectivity index (χ0n) is 16.6. The zero-order valence-corrected chi connectivity index (χ0v) is 17.4. The number of sulfonamides is 1. The number of rotatable bonds is 6. The average Bonchev–Trinajstić information content (AvgIpc) is 2.66. The minimum absolute atomic E-state index is 0.174. The summed E-state index contributed by atoms with van der Waals surface area (Å²) < 4.78 is 34.0. The third kappa shape index (κ3) is 4.36. The smallest absolute Gasteiger partial charge is 0.241 e. The molecule has 0 radical (unpaired) electrons. The topological polar surface area (TPSA) is 55.4 Å². The van der Waals surface area contributed by atoms with Gasteiger partial charge >= 0.3 is 0 Å². The van der Waals surface area contributed by atoms with E-state index < -0.39 is 10.0 Å². The molecule has 0 amide bonds. The lowest BCUT2D eigenvalue weighted by Crippen LogP contribution is -2.27. The highest BCUT2D eigenvalue weighted by Crippen LogP contribution is 2.30. The van der Waals surface area contributed by atoms with Crippen LogP contribution in [0.5, 0.6) is 5.75 Å². The Kier molecular flexibility index (Phi) is 5.92. The van der Waals surface area contributed by atoms with Crippen molar-refractivity contribution in [1.29, 1.82) is 0 Å². The van der Waals surface area contributed by atoms with Crippen molar-refractivity contribution < 1.29 is 13.2 Å². The second-order valence-corrected chi connectivity index (χ2v) is 9.35. The fourth-order valence-electron chi connectivity index (χ4n) is 3.72. The highest BCUT2D eigenvalue weighted by atomic mass is 32.2. The fraction of sp³-hybridized carbons (Fsp3) is 0.455. The molecule has 0 unspecified atom stereocenters. The van der Waals surface area contributed by atoms with Gasteiger partial charge in [0.2, 0.25) is 10.0 Å². The number of benzene rings is 2. The van der Waals surface area contributed by atoms with Crippen LogP contribution in [-0.2, 0) is 22.9 Å². The number of fused-ring (bicyclic) bond motifs is 1. The number of hydrogen-bond acceptors (Lipinski definition) is 3. The highest BCUT2D eigenvalue weighted by Gasteiger charge is 2.21. The van der Waals surface area contributed by atoms with E-state index in [9.17, 15) is 8.42 Å². The molecular weight excluding hydrogens is 358 g/mol. The van der Waals surface area contributed by atoms with Crippen LogP contribution in [0.3, 0.4) is 0 Å². The molecule has 2 aromatic carbocycles. The fourth-order valence-corrected chi connectivity index (χ4v) is 4.99. The summed E-state index contributed by atoms with van der Waals surface area (Å²) in [6.07, 6.45) is 4.66. The van der Waals surface area contributed by atoms with Gasteiger partial charge in [-0.3, -0.25) is 0 Å². The molecule has 0 heterocycles. The Morgan fingerprint density at radius 3 is 2.33 bits per heavy atom. The van der Waals surface area contributed by atoms with Crippen molar-refractivity contribution >= 4 is 10.0 Å². The Morgan fingerprint density at radius 1 is 0.963 bits per heavy atom. The normalized spacial score (nSPS) is 15.4. The van der Waals surface area contributed by atoms with Crippen LogP contribution in [-0.4, -0.2) is 15.5 Å². The number of methoxy groups -OCH3 is 1. The maximum absolute atomic E-state index is 12.9. The Bertz CT molecular complexity index is 919. The first kappa shape index (κ1) is 19.9. The molecule has 0 saturated heterocycles. The van der Waals surface area contributed by atoms with E-state index in [1.807, 2.05) is 26.8 Å². The maximum atomic E-state index is 12.9. The average molecular weight is 388 g/mol. The molecule has 0 aromatic heterocycles. The van der Waals surface area contributed by atoms with Gasteiger partial charge in [-0.15, -0.1) is 0 Å². The molecule has 1 atom stereocenters. The lowest BCUT2D eigenvalue weighted by atomic mass is 9.89. The monoisotopic (exact) mass is 387 g/mol. The predicted octanol–water partition coefficient (Wildman–Crippen LogP) is 4.74. The first-order valence-electron chi connectivity index (χ1n) is 9.64. The van der Waals surface area contributed by atoms with E-state index in [1.165, 1.54) is 24.0 Å². The molecule has 0 aliphatic heterocycles. The third-order valence-electron chi connectivity index (χ3n) is 5.34. The van der Waals surface area contributed by atoms with Crippen LogP contribution in [0.15, 0.2) is 41.3 Å². The molecule has 1 aliphatic carbocycles. The minimum atomic E-state index is -3.62. The van der Waals surface area contributed by atoms with E-state index in [1.54, 1.807) is 25.3 Å². The van der Waals surface area contributed by atoms with E-state index in [2.05, 4.69) is 16.9 Å². The summed E-state index contributed by atoms with van der Waals surface area (Å²) in [7, 11) is -2.01. The van der Waals surface area contributed by atoms with Gasteiger partial charge in [-0.1, -0.05) is 32.0 Å². The summed E-state index contributed by atoms with van der Waals surface area (Å²) in [5.41, 5.74) is 4.66. The summed E-state index contributed by atoms with van der Waals surface area (Å²) in [6, 6.07) is 11.1. The van der Waals surface area contributed by atoms with Crippen LogP contribution >= 0.6 is 0 Å². The maximum Gasteiger partial charge on any atom is 0.241 e. The third-order valence-corrected chi connectivity index (χ3v) is 6.88. The largest absolute Gasteiger partial charge is 0.496 e. The van der Waals surface area contributed by atoms with Gasteiger partial charge in [-0.2, -0.15) is 0 Å². The molecule has 1 aliphatic rings. The summed E-state index contributed by atoms with van der Waals surface area (Å²) in [6.45, 7) is 5.95. The van der Waals surface area contributed by atoms with Crippen LogP contribution in [0.2, 0.25) is 0 Å². The molecule has 27 heavy (non-hydrogen) atoms. The van der Waals surface area contributed by atoms with Crippen molar-refractivity contribution in [2.75, 3.05) is 7.11 Å². The predicted molar refractivity (Wildman–Crippen MR) is 109 cm³/mol. The molecule has 0 fully saturated rings. The van der Waals surface area contributed by atoms with Crippen molar-refractivity contribution in [3.8, 4) is 5.75 Å². The van der Waals surface area contributed by atoms with Crippen LogP contribution < -0.4 is 9.46 Å². The molecule has 0 spiro atoms. The second kappa shape index (κ2) is 8.03. The van der Waals surface area contributed by atoms with Gasteiger partial charge < -0.3 is 4.74 Å². The van der Waals surface area contributed by atoms with Crippen molar-refractivity contribution in [2.45, 2.75) is 63.3 Å². The lowest BCUT2D eigenvalue weighted by Gasteiger charge is -2.20. The van der Waals surface area contributed by atoms with Crippen LogP contribution in [0.4, 0.5) is 0 Å². The van der Waals surface area contributed by atoms with E-state index in [4.69, 9.17) is 4.74 Å². The van der Waals surface area contributed by atoms with Crippen molar-refractivity contribution in [3.63, 3.8) is 0 Å². The van der Waals surface area contributed by atoms with Crippen molar-refractivity contribution in [3.05, 3.63) is 58.7 Å². The van der Waals surface area contributed by atoms with Gasteiger partial charge in [0.15, 0.2) is 0 Å². The Balaban J connectivity index is 1.85. The first-order valence-corrected chi connectivity index (χ1v) is 11.1. The number of ether oxygens (including phenoxy) is 1. The number of aryl methyl sites for hydroxylation is 2. The van der Waals surface area contributed by atoms with E-state index >= 15 is 0 Å². The van der Waals surface area contributed by atoms with Crippen LogP contribution in [0.25, 0.3) is 0 Å². The quantitative estimate of drug-likeness (QED) is 0.779. The summed E-state index contributed by atoms with van der Waals surface area (Å²) in [5.74, 6) is 0.889. The zero-order chi connectivity index (χ0) is 19.6. The summed E-state index contributed by atoms with van der Waals surface area (Å²) >= 11 is 0. The van der Waals surface area contributed by atoms with Gasteiger partial charge in [0.25, 0.3) is 0 Å². The standard InChI is InChI=1S/C22H29NO3S/c1-15(2)21-14-20(11-12-22(21)26-4)27(24,25)23-16(3)18-10-9-17-7-5-6-8-19(17)13-18/h9-16,23H,5-8H2,1-4H3/t16-/m0/s1. The Morgan fingerprint density at radius 2 is 1.67 bits per heavy atom. The second-order valence-electron chi connectivity index (χ2n) is 7.64. The first-order chi connectivity index (χ1) is 12.8. The molecule has 5 heteroatoms. The van der Waals surface area contributed by atoms with Gasteiger partial charge in [0.05, 0.1) is 12.0 Å². The van der Waals surface area contributed by atoms with Crippen molar-refractivity contribution in [2.24, 2.45) is 0 Å². The number of hydrogen-bond donors (Lipinski definition) is 1. The molecule has 2 aromatic rings. The van der Waals surface area contributed by atoms with Crippen LogP contribution in [0, 0.1) is 0 Å². The molecule has 146 valence electrons. The Hall–Kier alpha value is -1.85. The summed E-state index contributed by atoms with van der Waals surface area (Å²) in [5, 5.41) is 0. The molecule has 3 rings (SSSR count). The molecule has 0 saturated carbocycles. The van der Waals surface area contributed by atoms with E-state index in [0.29, 0.717) is 5.75 Å². The SMILES string of the molecule is COc1ccc(S(=O)(=O)N[C@@H](C)c2ccc3c(c2)CCCC3)cc1C(C)C. The molecule has 0 bridgehead atoms. The minimum Gasteiger partial charge on any atom is -0.496 e. The highest BCUT2D eigenvalue weighted by molar-refractivity contribution is 7.89. The van der Waals surface area contributed by atoms with Gasteiger partial charge in [0, 0.05) is 6.04 Å². The van der Waals surface area contributed by atoms with Crippen LogP contribution in [0.1, 0.15) is 67.8 Å². The molecular formula is C22H29NO3S.